The molecule has 0 unspecified atom stereocenters. The van der Waals surface area contributed by atoms with Crippen molar-refractivity contribution < 1.29 is 5.11 Å². The lowest BCUT2D eigenvalue weighted by Crippen LogP contribution is -1.85. The lowest BCUT2D eigenvalue weighted by Gasteiger charge is -2.02. The zero-order chi connectivity index (χ0) is 12.6. The van der Waals surface area contributed by atoms with Gasteiger partial charge in [-0.2, -0.15) is 0 Å². The molecule has 0 aromatic heterocycles. The SMILES string of the molecule is CCCCCCCCCCCCCC[CH]CO. The molecule has 17 heavy (non-hydrogen) atoms. The Labute approximate surface area is 109 Å². The molecule has 1 radical (unpaired) electrons. The summed E-state index contributed by atoms with van der Waals surface area (Å²) in [5, 5.41) is 8.59. The van der Waals surface area contributed by atoms with Crippen LogP contribution in [0.2, 0.25) is 0 Å². The van der Waals surface area contributed by atoms with Gasteiger partial charge in [-0.3, -0.25) is 0 Å². The molecule has 0 saturated carbocycles. The molecule has 0 aliphatic rings. The van der Waals surface area contributed by atoms with E-state index in [9.17, 15) is 0 Å². The van der Waals surface area contributed by atoms with Crippen LogP contribution in [0.1, 0.15) is 90.4 Å². The van der Waals surface area contributed by atoms with E-state index in [0.29, 0.717) is 0 Å². The highest BCUT2D eigenvalue weighted by Crippen LogP contribution is 2.12. The van der Waals surface area contributed by atoms with Crippen molar-refractivity contribution in [2.24, 2.45) is 0 Å². The molecule has 0 amide bonds. The van der Waals surface area contributed by atoms with Crippen molar-refractivity contribution in [2.75, 3.05) is 6.61 Å². The molecule has 1 nitrogen and oxygen atoms in total. The van der Waals surface area contributed by atoms with Gasteiger partial charge in [0.15, 0.2) is 0 Å². The lowest BCUT2D eigenvalue weighted by atomic mass is 10.0. The molecule has 1 N–H and O–H groups in total. The molecule has 0 saturated heterocycles. The van der Waals surface area contributed by atoms with Crippen LogP contribution >= 0.6 is 0 Å². The van der Waals surface area contributed by atoms with Crippen LogP contribution in [0.4, 0.5) is 0 Å². The first-order valence-electron chi connectivity index (χ1n) is 7.84. The van der Waals surface area contributed by atoms with Gasteiger partial charge in [0.2, 0.25) is 0 Å². The second-order valence-electron chi connectivity index (χ2n) is 5.15. The van der Waals surface area contributed by atoms with Crippen LogP contribution in [0.25, 0.3) is 0 Å². The van der Waals surface area contributed by atoms with Gasteiger partial charge in [-0.15, -0.1) is 0 Å². The summed E-state index contributed by atoms with van der Waals surface area (Å²) in [6, 6.07) is 0. The van der Waals surface area contributed by atoms with Crippen molar-refractivity contribution in [3.05, 3.63) is 6.42 Å². The van der Waals surface area contributed by atoms with E-state index in [1.165, 1.54) is 77.0 Å². The Bertz CT molecular complexity index is 109. The van der Waals surface area contributed by atoms with E-state index < -0.39 is 0 Å². The highest BCUT2D eigenvalue weighted by Gasteiger charge is 1.93. The zero-order valence-electron chi connectivity index (χ0n) is 11.9. The third-order valence-electron chi connectivity index (χ3n) is 3.39. The Morgan fingerprint density at radius 1 is 0.647 bits per heavy atom. The molecule has 0 bridgehead atoms. The minimum atomic E-state index is 0.248. The van der Waals surface area contributed by atoms with Gasteiger partial charge in [0.05, 0.1) is 0 Å². The van der Waals surface area contributed by atoms with Gasteiger partial charge in [-0.1, -0.05) is 84.0 Å². The van der Waals surface area contributed by atoms with Gasteiger partial charge < -0.3 is 5.11 Å². The summed E-state index contributed by atoms with van der Waals surface area (Å²) in [5.41, 5.74) is 0. The quantitative estimate of drug-likeness (QED) is 0.410. The van der Waals surface area contributed by atoms with Crippen LogP contribution in [0, 0.1) is 6.42 Å². The van der Waals surface area contributed by atoms with E-state index in [1.54, 1.807) is 0 Å². The van der Waals surface area contributed by atoms with E-state index in [-0.39, 0.29) is 6.61 Å². The fraction of sp³-hybridized carbons (Fsp3) is 0.938. The summed E-state index contributed by atoms with van der Waals surface area (Å²) >= 11 is 0. The molecular formula is C16H33O. The first kappa shape index (κ1) is 17.0. The largest absolute Gasteiger partial charge is 0.396 e. The second kappa shape index (κ2) is 16.0. The average molecular weight is 241 g/mol. The van der Waals surface area contributed by atoms with Gasteiger partial charge in [-0.05, 0) is 12.8 Å². The van der Waals surface area contributed by atoms with Gasteiger partial charge in [0.25, 0.3) is 0 Å². The topological polar surface area (TPSA) is 20.2 Å². The van der Waals surface area contributed by atoms with Gasteiger partial charge in [0.1, 0.15) is 0 Å². The summed E-state index contributed by atoms with van der Waals surface area (Å²) in [6.45, 7) is 2.52. The molecule has 0 aromatic rings. The number of unbranched alkanes of at least 4 members (excludes halogenated alkanes) is 13. The summed E-state index contributed by atoms with van der Waals surface area (Å²) in [6.07, 6.45) is 19.9. The van der Waals surface area contributed by atoms with Crippen LogP contribution in [-0.2, 0) is 0 Å². The summed E-state index contributed by atoms with van der Waals surface area (Å²) in [7, 11) is 0. The van der Waals surface area contributed by atoms with Crippen LogP contribution < -0.4 is 0 Å². The average Bonchev–Trinajstić information content (AvgIpc) is 2.35. The molecule has 103 valence electrons. The predicted octanol–water partition coefficient (Wildman–Crippen LogP) is 5.27. The molecule has 0 atom stereocenters. The van der Waals surface area contributed by atoms with Gasteiger partial charge in [0, 0.05) is 6.61 Å². The van der Waals surface area contributed by atoms with E-state index in [1.807, 2.05) is 6.42 Å². The summed E-state index contributed by atoms with van der Waals surface area (Å²) in [5.74, 6) is 0. The second-order valence-corrected chi connectivity index (χ2v) is 5.15. The minimum absolute atomic E-state index is 0.248. The van der Waals surface area contributed by atoms with Crippen LogP contribution in [0.3, 0.4) is 0 Å². The van der Waals surface area contributed by atoms with Crippen molar-refractivity contribution in [1.82, 2.24) is 0 Å². The monoisotopic (exact) mass is 241 g/mol. The lowest BCUT2D eigenvalue weighted by molar-refractivity contribution is 0.322. The number of rotatable bonds is 14. The molecule has 0 heterocycles. The first-order chi connectivity index (χ1) is 8.41. The third-order valence-corrected chi connectivity index (χ3v) is 3.39. The Balaban J connectivity index is 2.85. The highest BCUT2D eigenvalue weighted by molar-refractivity contribution is 4.61. The maximum atomic E-state index is 8.59. The first-order valence-corrected chi connectivity index (χ1v) is 7.84. The molecule has 1 heteroatoms. The molecule has 0 spiro atoms. The van der Waals surface area contributed by atoms with Gasteiger partial charge >= 0.3 is 0 Å². The van der Waals surface area contributed by atoms with Gasteiger partial charge in [-0.25, -0.2) is 0 Å². The van der Waals surface area contributed by atoms with E-state index >= 15 is 0 Å². The molecular weight excluding hydrogens is 208 g/mol. The van der Waals surface area contributed by atoms with E-state index in [2.05, 4.69) is 6.92 Å². The summed E-state index contributed by atoms with van der Waals surface area (Å²) < 4.78 is 0. The van der Waals surface area contributed by atoms with E-state index in [4.69, 9.17) is 5.11 Å². The summed E-state index contributed by atoms with van der Waals surface area (Å²) in [4.78, 5) is 0. The van der Waals surface area contributed by atoms with E-state index in [0.717, 1.165) is 6.42 Å². The standard InChI is InChI=1S/C16H33O/c1-2-3-4-5-6-7-8-9-10-11-12-13-14-15-16-17/h15,17H,2-14,16H2,1H3. The molecule has 0 aliphatic carbocycles. The Kier molecular flexibility index (Phi) is 15.9. The van der Waals surface area contributed by atoms with Crippen molar-refractivity contribution in [1.29, 1.82) is 0 Å². The predicted molar refractivity (Wildman–Crippen MR) is 77.1 cm³/mol. The van der Waals surface area contributed by atoms with Crippen LogP contribution in [-0.4, -0.2) is 11.7 Å². The van der Waals surface area contributed by atoms with Crippen molar-refractivity contribution in [3.63, 3.8) is 0 Å². The van der Waals surface area contributed by atoms with Crippen molar-refractivity contribution >= 4 is 0 Å². The Hall–Kier alpha value is -0.0400. The van der Waals surface area contributed by atoms with Crippen LogP contribution in [0.15, 0.2) is 0 Å². The Morgan fingerprint density at radius 3 is 1.47 bits per heavy atom. The molecule has 0 aromatic carbocycles. The number of hydrogen-bond donors (Lipinski definition) is 1. The minimum Gasteiger partial charge on any atom is -0.396 e. The smallest absolute Gasteiger partial charge is 0.0462 e. The number of aliphatic hydroxyl groups is 1. The number of hydrogen-bond acceptors (Lipinski definition) is 1. The van der Waals surface area contributed by atoms with Crippen molar-refractivity contribution in [2.45, 2.75) is 90.4 Å². The maximum absolute atomic E-state index is 8.59. The van der Waals surface area contributed by atoms with Crippen LogP contribution in [0.5, 0.6) is 0 Å². The number of aliphatic hydroxyl groups excluding tert-OH is 1. The molecule has 0 aliphatic heterocycles. The highest BCUT2D eigenvalue weighted by atomic mass is 16.2. The molecule has 0 fully saturated rings. The fourth-order valence-corrected chi connectivity index (χ4v) is 2.22. The fourth-order valence-electron chi connectivity index (χ4n) is 2.22. The zero-order valence-corrected chi connectivity index (χ0v) is 11.9. The van der Waals surface area contributed by atoms with Crippen molar-refractivity contribution in [3.8, 4) is 0 Å². The maximum Gasteiger partial charge on any atom is 0.0462 e. The Morgan fingerprint density at radius 2 is 1.06 bits per heavy atom. The third kappa shape index (κ3) is 16.0. The molecule has 0 rings (SSSR count). The normalized spacial score (nSPS) is 10.9.